The second-order valence-corrected chi connectivity index (χ2v) is 6.51. The van der Waals surface area contributed by atoms with Gasteiger partial charge in [0.2, 0.25) is 0 Å². The predicted octanol–water partition coefficient (Wildman–Crippen LogP) is 2.73. The summed E-state index contributed by atoms with van der Waals surface area (Å²) in [5, 5.41) is 3.43. The fraction of sp³-hybridized carbons (Fsp3) is 0.706. The van der Waals surface area contributed by atoms with Gasteiger partial charge in [0.15, 0.2) is 0 Å². The van der Waals surface area contributed by atoms with Gasteiger partial charge in [0.1, 0.15) is 5.82 Å². The Bertz CT molecular complexity index is 444. The Morgan fingerprint density at radius 1 is 1.33 bits per heavy atom. The van der Waals surface area contributed by atoms with E-state index in [4.69, 9.17) is 9.72 Å². The molecule has 1 aromatic heterocycles. The molecule has 2 heterocycles. The van der Waals surface area contributed by atoms with Gasteiger partial charge < -0.3 is 15.0 Å². The first-order valence-corrected chi connectivity index (χ1v) is 8.30. The van der Waals surface area contributed by atoms with Crippen LogP contribution in [0.1, 0.15) is 45.1 Å². The monoisotopic (exact) mass is 289 g/mol. The molecule has 0 amide bonds. The Kier molecular flexibility index (Phi) is 4.76. The average Bonchev–Trinajstić information content (AvgIpc) is 2.53. The van der Waals surface area contributed by atoms with E-state index < -0.39 is 0 Å². The molecule has 1 aromatic rings. The highest BCUT2D eigenvalue weighted by Gasteiger charge is 2.34. The maximum absolute atomic E-state index is 5.94. The molecule has 4 nitrogen and oxygen atoms in total. The molecule has 2 fully saturated rings. The molecule has 2 atom stereocenters. The maximum Gasteiger partial charge on any atom is 0.128 e. The molecule has 1 aliphatic heterocycles. The van der Waals surface area contributed by atoms with Crippen molar-refractivity contribution < 1.29 is 4.74 Å². The molecule has 0 bridgehead atoms. The number of rotatable bonds is 4. The molecule has 3 rings (SSSR count). The second kappa shape index (κ2) is 6.75. The number of hydrogen-bond donors (Lipinski definition) is 1. The zero-order valence-corrected chi connectivity index (χ0v) is 13.2. The first-order valence-electron chi connectivity index (χ1n) is 8.30. The Morgan fingerprint density at radius 2 is 2.19 bits per heavy atom. The number of hydrogen-bond acceptors (Lipinski definition) is 4. The fourth-order valence-electron chi connectivity index (χ4n) is 3.39. The van der Waals surface area contributed by atoms with Crippen LogP contribution in [0, 0.1) is 0 Å². The van der Waals surface area contributed by atoms with Gasteiger partial charge in [-0.05, 0) is 24.5 Å². The number of fused-ring (bicyclic) bond motifs is 1. The van der Waals surface area contributed by atoms with Crippen molar-refractivity contribution >= 4 is 5.82 Å². The van der Waals surface area contributed by atoms with Crippen LogP contribution < -0.4 is 10.2 Å². The van der Waals surface area contributed by atoms with Crippen LogP contribution in [0.4, 0.5) is 5.82 Å². The lowest BCUT2D eigenvalue weighted by Crippen LogP contribution is -2.53. The van der Waals surface area contributed by atoms with Gasteiger partial charge in [-0.15, -0.1) is 0 Å². The number of pyridine rings is 1. The molecule has 0 spiro atoms. The van der Waals surface area contributed by atoms with Crippen LogP contribution in [0.3, 0.4) is 0 Å². The summed E-state index contributed by atoms with van der Waals surface area (Å²) in [5.41, 5.74) is 1.25. The van der Waals surface area contributed by atoms with Gasteiger partial charge in [-0.1, -0.05) is 32.8 Å². The first kappa shape index (κ1) is 14.8. The van der Waals surface area contributed by atoms with E-state index in [1.54, 1.807) is 0 Å². The van der Waals surface area contributed by atoms with Crippen molar-refractivity contribution in [1.82, 2.24) is 10.3 Å². The summed E-state index contributed by atoms with van der Waals surface area (Å²) in [6.07, 6.45) is 7.50. The minimum absolute atomic E-state index is 0.414. The van der Waals surface area contributed by atoms with Crippen LogP contribution in [-0.2, 0) is 11.3 Å². The SMILES string of the molecule is CC(C)NCc1ccc(N2CCOC3CCCCC32)nc1. The number of ether oxygens (including phenoxy) is 1. The maximum atomic E-state index is 5.94. The van der Waals surface area contributed by atoms with Crippen LogP contribution in [0.15, 0.2) is 18.3 Å². The molecule has 1 saturated heterocycles. The van der Waals surface area contributed by atoms with Crippen molar-refractivity contribution in [2.45, 2.75) is 64.3 Å². The highest BCUT2D eigenvalue weighted by Crippen LogP contribution is 2.31. The molecule has 0 radical (unpaired) electrons. The molecule has 0 aromatic carbocycles. The van der Waals surface area contributed by atoms with Gasteiger partial charge in [0.25, 0.3) is 0 Å². The largest absolute Gasteiger partial charge is 0.374 e. The zero-order chi connectivity index (χ0) is 14.7. The van der Waals surface area contributed by atoms with E-state index in [0.29, 0.717) is 18.2 Å². The van der Waals surface area contributed by atoms with Crippen LogP contribution in [0.5, 0.6) is 0 Å². The quantitative estimate of drug-likeness (QED) is 0.925. The standard InChI is InChI=1S/C17H27N3O/c1-13(2)18-11-14-7-8-17(19-12-14)20-9-10-21-16-6-4-3-5-15(16)20/h7-8,12-13,15-16,18H,3-6,9-11H2,1-2H3. The van der Waals surface area contributed by atoms with Gasteiger partial charge in [-0.25, -0.2) is 4.98 Å². The van der Waals surface area contributed by atoms with Crippen molar-refractivity contribution in [3.63, 3.8) is 0 Å². The number of anilines is 1. The van der Waals surface area contributed by atoms with E-state index in [9.17, 15) is 0 Å². The Balaban J connectivity index is 1.67. The third-order valence-electron chi connectivity index (χ3n) is 4.55. The lowest BCUT2D eigenvalue weighted by molar-refractivity contribution is -0.00898. The molecular weight excluding hydrogens is 262 g/mol. The molecule has 1 saturated carbocycles. The Hall–Kier alpha value is -1.13. The number of nitrogens with one attached hydrogen (secondary N) is 1. The summed E-state index contributed by atoms with van der Waals surface area (Å²) < 4.78 is 5.94. The van der Waals surface area contributed by atoms with E-state index >= 15 is 0 Å². The number of morpholine rings is 1. The van der Waals surface area contributed by atoms with Gasteiger partial charge in [0.05, 0.1) is 18.8 Å². The normalized spacial score (nSPS) is 26.0. The van der Waals surface area contributed by atoms with Gasteiger partial charge >= 0.3 is 0 Å². The summed E-state index contributed by atoms with van der Waals surface area (Å²) in [6, 6.07) is 5.41. The van der Waals surface area contributed by atoms with Crippen LogP contribution >= 0.6 is 0 Å². The summed E-state index contributed by atoms with van der Waals surface area (Å²) in [4.78, 5) is 7.17. The van der Waals surface area contributed by atoms with Gasteiger partial charge in [-0.2, -0.15) is 0 Å². The summed E-state index contributed by atoms with van der Waals surface area (Å²) in [7, 11) is 0. The van der Waals surface area contributed by atoms with E-state index in [1.165, 1.54) is 31.2 Å². The first-order chi connectivity index (χ1) is 10.2. The van der Waals surface area contributed by atoms with Crippen molar-refractivity contribution in [1.29, 1.82) is 0 Å². The average molecular weight is 289 g/mol. The van der Waals surface area contributed by atoms with Crippen LogP contribution in [0.25, 0.3) is 0 Å². The molecule has 1 aliphatic carbocycles. The molecule has 21 heavy (non-hydrogen) atoms. The van der Waals surface area contributed by atoms with E-state index in [0.717, 1.165) is 25.5 Å². The molecule has 116 valence electrons. The van der Waals surface area contributed by atoms with Crippen LogP contribution in [0.2, 0.25) is 0 Å². The predicted molar refractivity (Wildman–Crippen MR) is 85.6 cm³/mol. The third-order valence-corrected chi connectivity index (χ3v) is 4.55. The number of aromatic nitrogens is 1. The summed E-state index contributed by atoms with van der Waals surface area (Å²) in [5.74, 6) is 1.11. The van der Waals surface area contributed by atoms with Crippen molar-refractivity contribution in [2.75, 3.05) is 18.1 Å². The minimum atomic E-state index is 0.414. The molecule has 2 aliphatic rings. The minimum Gasteiger partial charge on any atom is -0.374 e. The van der Waals surface area contributed by atoms with E-state index in [-0.39, 0.29) is 0 Å². The fourth-order valence-corrected chi connectivity index (χ4v) is 3.39. The third kappa shape index (κ3) is 3.55. The lowest BCUT2D eigenvalue weighted by Gasteiger charge is -2.44. The zero-order valence-electron chi connectivity index (χ0n) is 13.2. The lowest BCUT2D eigenvalue weighted by atomic mass is 9.90. The van der Waals surface area contributed by atoms with Crippen LogP contribution in [-0.4, -0.2) is 36.3 Å². The molecular formula is C17H27N3O. The summed E-state index contributed by atoms with van der Waals surface area (Å²) in [6.45, 7) is 7.02. The Morgan fingerprint density at radius 3 is 2.95 bits per heavy atom. The summed E-state index contributed by atoms with van der Waals surface area (Å²) >= 11 is 0. The van der Waals surface area contributed by atoms with Crippen molar-refractivity contribution in [2.24, 2.45) is 0 Å². The van der Waals surface area contributed by atoms with Crippen molar-refractivity contribution in [3.05, 3.63) is 23.9 Å². The highest BCUT2D eigenvalue weighted by atomic mass is 16.5. The molecule has 2 unspecified atom stereocenters. The molecule has 4 heteroatoms. The van der Waals surface area contributed by atoms with Gasteiger partial charge in [0, 0.05) is 25.3 Å². The van der Waals surface area contributed by atoms with E-state index in [1.807, 2.05) is 6.20 Å². The topological polar surface area (TPSA) is 37.4 Å². The molecule has 1 N–H and O–H groups in total. The smallest absolute Gasteiger partial charge is 0.128 e. The highest BCUT2D eigenvalue weighted by molar-refractivity contribution is 5.41. The van der Waals surface area contributed by atoms with Gasteiger partial charge in [-0.3, -0.25) is 0 Å². The Labute approximate surface area is 127 Å². The number of nitrogens with zero attached hydrogens (tertiary/aromatic N) is 2. The second-order valence-electron chi connectivity index (χ2n) is 6.51. The van der Waals surface area contributed by atoms with E-state index in [2.05, 4.69) is 36.2 Å². The van der Waals surface area contributed by atoms with Crippen molar-refractivity contribution in [3.8, 4) is 0 Å².